The summed E-state index contributed by atoms with van der Waals surface area (Å²) >= 11 is 5.39. The smallest absolute Gasteiger partial charge is 0.168 e. The van der Waals surface area contributed by atoms with Crippen molar-refractivity contribution in [2.45, 2.75) is 12.5 Å². The van der Waals surface area contributed by atoms with Crippen LogP contribution in [0.1, 0.15) is 17.2 Å². The molecule has 104 valence electrons. The highest BCUT2D eigenvalue weighted by molar-refractivity contribution is 7.80. The van der Waals surface area contributed by atoms with Gasteiger partial charge in [-0.1, -0.05) is 60.7 Å². The second-order valence-corrected chi connectivity index (χ2v) is 5.38. The topological polar surface area (TPSA) is 15.3 Å². The van der Waals surface area contributed by atoms with Crippen molar-refractivity contribution >= 4 is 17.3 Å². The minimum Gasteiger partial charge on any atom is -0.355 e. The molecule has 0 amide bonds. The zero-order valence-electron chi connectivity index (χ0n) is 11.9. The average Bonchev–Trinajstić information content (AvgIpc) is 2.48. The standard InChI is InChI=1S/C17H20N2S/c1-19(2)17(20)18-16(15-11-7-4-8-12-15)13-14-9-5-3-6-10-14/h3-12,16H,13H2,1-2H3,(H,18,20). The summed E-state index contributed by atoms with van der Waals surface area (Å²) in [6.45, 7) is 0. The van der Waals surface area contributed by atoms with E-state index in [2.05, 4.69) is 53.8 Å². The minimum absolute atomic E-state index is 0.188. The summed E-state index contributed by atoms with van der Waals surface area (Å²) in [5.74, 6) is 0. The molecule has 2 rings (SSSR count). The number of hydrogen-bond donors (Lipinski definition) is 1. The van der Waals surface area contributed by atoms with Crippen LogP contribution in [0, 0.1) is 0 Å². The highest BCUT2D eigenvalue weighted by Crippen LogP contribution is 2.18. The number of hydrogen-bond acceptors (Lipinski definition) is 1. The van der Waals surface area contributed by atoms with E-state index in [-0.39, 0.29) is 6.04 Å². The van der Waals surface area contributed by atoms with Crippen LogP contribution < -0.4 is 5.32 Å². The molecule has 2 nitrogen and oxygen atoms in total. The Labute approximate surface area is 126 Å². The predicted octanol–water partition coefficient (Wildman–Crippen LogP) is 3.41. The van der Waals surface area contributed by atoms with Crippen LogP contribution >= 0.6 is 12.2 Å². The van der Waals surface area contributed by atoms with Crippen molar-refractivity contribution in [2.24, 2.45) is 0 Å². The first kappa shape index (κ1) is 14.5. The Hall–Kier alpha value is -1.87. The van der Waals surface area contributed by atoms with Gasteiger partial charge in [0.2, 0.25) is 0 Å². The first-order valence-corrected chi connectivity index (χ1v) is 7.14. The van der Waals surface area contributed by atoms with Crippen LogP contribution in [0.4, 0.5) is 0 Å². The van der Waals surface area contributed by atoms with E-state index in [0.717, 1.165) is 11.5 Å². The molecule has 0 aliphatic rings. The number of nitrogens with one attached hydrogen (secondary N) is 1. The molecule has 0 radical (unpaired) electrons. The molecule has 0 heterocycles. The van der Waals surface area contributed by atoms with Gasteiger partial charge >= 0.3 is 0 Å². The monoisotopic (exact) mass is 284 g/mol. The van der Waals surface area contributed by atoms with Crippen LogP contribution in [0.3, 0.4) is 0 Å². The van der Waals surface area contributed by atoms with E-state index in [4.69, 9.17) is 12.2 Å². The molecule has 0 spiro atoms. The van der Waals surface area contributed by atoms with E-state index in [0.29, 0.717) is 0 Å². The van der Waals surface area contributed by atoms with Crippen molar-refractivity contribution in [1.29, 1.82) is 0 Å². The summed E-state index contributed by atoms with van der Waals surface area (Å²) in [6, 6.07) is 21.1. The maximum absolute atomic E-state index is 5.39. The quantitative estimate of drug-likeness (QED) is 0.866. The SMILES string of the molecule is CN(C)C(=S)NC(Cc1ccccc1)c1ccccc1. The van der Waals surface area contributed by atoms with Gasteiger partial charge in [-0.15, -0.1) is 0 Å². The third-order valence-corrected chi connectivity index (χ3v) is 3.67. The van der Waals surface area contributed by atoms with Gasteiger partial charge < -0.3 is 10.2 Å². The Kier molecular flexibility index (Phi) is 5.13. The Morgan fingerprint density at radius 3 is 2.10 bits per heavy atom. The maximum atomic E-state index is 5.39. The van der Waals surface area contributed by atoms with Gasteiger partial charge in [0.05, 0.1) is 6.04 Å². The van der Waals surface area contributed by atoms with E-state index in [1.165, 1.54) is 11.1 Å². The highest BCUT2D eigenvalue weighted by Gasteiger charge is 2.14. The van der Waals surface area contributed by atoms with Gasteiger partial charge in [-0.25, -0.2) is 0 Å². The van der Waals surface area contributed by atoms with Crippen LogP contribution in [0.25, 0.3) is 0 Å². The maximum Gasteiger partial charge on any atom is 0.168 e. The Balaban J connectivity index is 2.18. The molecule has 1 unspecified atom stereocenters. The molecule has 0 fully saturated rings. The van der Waals surface area contributed by atoms with E-state index < -0.39 is 0 Å². The van der Waals surface area contributed by atoms with Gasteiger partial charge in [-0.3, -0.25) is 0 Å². The van der Waals surface area contributed by atoms with Crippen molar-refractivity contribution in [2.75, 3.05) is 14.1 Å². The van der Waals surface area contributed by atoms with Crippen molar-refractivity contribution in [3.63, 3.8) is 0 Å². The van der Waals surface area contributed by atoms with Gasteiger partial charge in [0, 0.05) is 14.1 Å². The van der Waals surface area contributed by atoms with Crippen molar-refractivity contribution < 1.29 is 0 Å². The van der Waals surface area contributed by atoms with Crippen LogP contribution in [0.5, 0.6) is 0 Å². The molecule has 20 heavy (non-hydrogen) atoms. The molecule has 2 aromatic rings. The van der Waals surface area contributed by atoms with Crippen molar-refractivity contribution in [1.82, 2.24) is 10.2 Å². The summed E-state index contributed by atoms with van der Waals surface area (Å²) in [5.41, 5.74) is 2.55. The first-order chi connectivity index (χ1) is 9.66. The summed E-state index contributed by atoms with van der Waals surface area (Å²) < 4.78 is 0. The lowest BCUT2D eigenvalue weighted by molar-refractivity contribution is 0.554. The summed E-state index contributed by atoms with van der Waals surface area (Å²) in [5, 5.41) is 4.20. The van der Waals surface area contributed by atoms with Crippen LogP contribution in [0.15, 0.2) is 60.7 Å². The lowest BCUT2D eigenvalue weighted by Crippen LogP contribution is -2.37. The molecule has 0 aliphatic carbocycles. The minimum atomic E-state index is 0.188. The molecule has 3 heteroatoms. The van der Waals surface area contributed by atoms with Gasteiger partial charge in [-0.2, -0.15) is 0 Å². The van der Waals surface area contributed by atoms with E-state index in [9.17, 15) is 0 Å². The Bertz CT molecular complexity index is 537. The fourth-order valence-corrected chi connectivity index (χ4v) is 2.21. The zero-order valence-corrected chi connectivity index (χ0v) is 12.7. The van der Waals surface area contributed by atoms with E-state index in [1.807, 2.05) is 31.1 Å². The largest absolute Gasteiger partial charge is 0.355 e. The molecule has 1 N–H and O–H groups in total. The third-order valence-electron chi connectivity index (χ3n) is 3.19. The fraction of sp³-hybridized carbons (Fsp3) is 0.235. The summed E-state index contributed by atoms with van der Waals surface area (Å²) in [6.07, 6.45) is 0.916. The van der Waals surface area contributed by atoms with Gasteiger partial charge in [-0.05, 0) is 29.8 Å². The second kappa shape index (κ2) is 7.06. The van der Waals surface area contributed by atoms with E-state index >= 15 is 0 Å². The molecule has 0 saturated carbocycles. The van der Waals surface area contributed by atoms with Crippen molar-refractivity contribution in [3.8, 4) is 0 Å². The number of benzene rings is 2. The fourth-order valence-electron chi connectivity index (χ4n) is 2.07. The lowest BCUT2D eigenvalue weighted by atomic mass is 9.99. The molecular formula is C17H20N2S. The second-order valence-electron chi connectivity index (χ2n) is 5.00. The Morgan fingerprint density at radius 1 is 1.00 bits per heavy atom. The lowest BCUT2D eigenvalue weighted by Gasteiger charge is -2.24. The van der Waals surface area contributed by atoms with Crippen LogP contribution in [-0.4, -0.2) is 24.1 Å². The Morgan fingerprint density at radius 2 is 1.55 bits per heavy atom. The predicted molar refractivity (Wildman–Crippen MR) is 88.7 cm³/mol. The van der Waals surface area contributed by atoms with Gasteiger partial charge in [0.25, 0.3) is 0 Å². The molecular weight excluding hydrogens is 264 g/mol. The molecule has 2 aromatic carbocycles. The molecule has 0 aliphatic heterocycles. The van der Waals surface area contributed by atoms with Gasteiger partial charge in [0.1, 0.15) is 0 Å². The van der Waals surface area contributed by atoms with Crippen LogP contribution in [0.2, 0.25) is 0 Å². The average molecular weight is 284 g/mol. The molecule has 0 saturated heterocycles. The summed E-state index contributed by atoms with van der Waals surface area (Å²) in [7, 11) is 3.92. The number of rotatable bonds is 4. The molecule has 0 aromatic heterocycles. The summed E-state index contributed by atoms with van der Waals surface area (Å²) in [4.78, 5) is 1.93. The van der Waals surface area contributed by atoms with Crippen LogP contribution in [-0.2, 0) is 6.42 Å². The number of thiocarbonyl (C=S) groups is 1. The van der Waals surface area contributed by atoms with Gasteiger partial charge in [0.15, 0.2) is 5.11 Å². The third kappa shape index (κ3) is 4.07. The highest BCUT2D eigenvalue weighted by atomic mass is 32.1. The van der Waals surface area contributed by atoms with Crippen molar-refractivity contribution in [3.05, 3.63) is 71.8 Å². The number of nitrogens with zero attached hydrogens (tertiary/aromatic N) is 1. The zero-order chi connectivity index (χ0) is 14.4. The van der Waals surface area contributed by atoms with E-state index in [1.54, 1.807) is 0 Å². The molecule has 0 bridgehead atoms. The molecule has 1 atom stereocenters. The normalized spacial score (nSPS) is 11.7. The first-order valence-electron chi connectivity index (χ1n) is 6.73.